The Kier molecular flexibility index (Phi) is 3.43. The molecule has 0 spiro atoms. The largest absolute Gasteiger partial charge is 0.497 e. The first-order valence-corrected chi connectivity index (χ1v) is 6.52. The molecule has 0 aliphatic heterocycles. The van der Waals surface area contributed by atoms with Gasteiger partial charge >= 0.3 is 0 Å². The molecule has 0 aliphatic carbocycles. The van der Waals surface area contributed by atoms with Crippen LogP contribution in [0.5, 0.6) is 5.75 Å². The Morgan fingerprint density at radius 1 is 1.25 bits per heavy atom. The number of hydrogen-bond donors (Lipinski definition) is 1. The maximum absolute atomic E-state index is 5.82. The van der Waals surface area contributed by atoms with E-state index in [9.17, 15) is 0 Å². The summed E-state index contributed by atoms with van der Waals surface area (Å²) in [6, 6.07) is 11.8. The van der Waals surface area contributed by atoms with E-state index in [1.165, 1.54) is 0 Å². The van der Waals surface area contributed by atoms with Crippen LogP contribution in [0.2, 0.25) is 5.28 Å². The molecule has 0 bridgehead atoms. The lowest BCUT2D eigenvalue weighted by atomic mass is 10.2. The van der Waals surface area contributed by atoms with Gasteiger partial charge in [-0.05, 0) is 41.4 Å². The van der Waals surface area contributed by atoms with E-state index in [4.69, 9.17) is 16.3 Å². The van der Waals surface area contributed by atoms with Gasteiger partial charge in [0, 0.05) is 12.7 Å². The number of ether oxygens (including phenoxy) is 1. The van der Waals surface area contributed by atoms with Gasteiger partial charge in [0.2, 0.25) is 5.28 Å². The zero-order chi connectivity index (χ0) is 13.9. The molecule has 5 nitrogen and oxygen atoms in total. The standard InChI is InChI=1S/C14H13ClN4O/c1-20-11-6-4-10(5-7-11)9-16-12-3-2-8-19-13(12)17-14(15)18-19/h2-8,16H,9H2,1H3. The van der Waals surface area contributed by atoms with Crippen molar-refractivity contribution in [3.05, 3.63) is 53.4 Å². The van der Waals surface area contributed by atoms with Crippen molar-refractivity contribution in [1.82, 2.24) is 14.6 Å². The maximum atomic E-state index is 5.82. The van der Waals surface area contributed by atoms with E-state index in [0.717, 1.165) is 17.0 Å². The Morgan fingerprint density at radius 3 is 2.80 bits per heavy atom. The number of anilines is 1. The van der Waals surface area contributed by atoms with E-state index in [2.05, 4.69) is 15.4 Å². The van der Waals surface area contributed by atoms with E-state index >= 15 is 0 Å². The molecular formula is C14H13ClN4O. The predicted molar refractivity (Wildman–Crippen MR) is 78.3 cm³/mol. The number of hydrogen-bond acceptors (Lipinski definition) is 4. The van der Waals surface area contributed by atoms with Crippen LogP contribution in [0.1, 0.15) is 5.56 Å². The Bertz CT molecular complexity index is 724. The molecule has 0 saturated carbocycles. The van der Waals surface area contributed by atoms with Crippen molar-refractivity contribution in [2.24, 2.45) is 0 Å². The third-order valence-corrected chi connectivity index (χ3v) is 3.14. The third-order valence-electron chi connectivity index (χ3n) is 2.98. The molecule has 0 aliphatic rings. The molecule has 0 saturated heterocycles. The molecule has 0 unspecified atom stereocenters. The van der Waals surface area contributed by atoms with Gasteiger partial charge in [0.15, 0.2) is 5.65 Å². The van der Waals surface area contributed by atoms with E-state index < -0.39 is 0 Å². The molecule has 2 aromatic heterocycles. The lowest BCUT2D eigenvalue weighted by Crippen LogP contribution is -2.01. The van der Waals surface area contributed by atoms with Crippen LogP contribution < -0.4 is 10.1 Å². The van der Waals surface area contributed by atoms with Crippen LogP contribution in [0.4, 0.5) is 5.69 Å². The minimum Gasteiger partial charge on any atom is -0.497 e. The summed E-state index contributed by atoms with van der Waals surface area (Å²) in [7, 11) is 1.66. The number of benzene rings is 1. The van der Waals surface area contributed by atoms with Gasteiger partial charge in [-0.25, -0.2) is 4.52 Å². The summed E-state index contributed by atoms with van der Waals surface area (Å²) in [5, 5.41) is 7.64. The number of rotatable bonds is 4. The fourth-order valence-corrected chi connectivity index (χ4v) is 2.12. The van der Waals surface area contributed by atoms with E-state index in [0.29, 0.717) is 12.2 Å². The lowest BCUT2D eigenvalue weighted by molar-refractivity contribution is 0.414. The molecule has 6 heteroatoms. The highest BCUT2D eigenvalue weighted by molar-refractivity contribution is 6.28. The second-order valence-corrected chi connectivity index (χ2v) is 4.61. The molecule has 102 valence electrons. The molecule has 3 aromatic rings. The molecule has 20 heavy (non-hydrogen) atoms. The maximum Gasteiger partial charge on any atom is 0.243 e. The van der Waals surface area contributed by atoms with E-state index in [1.54, 1.807) is 11.6 Å². The van der Waals surface area contributed by atoms with Gasteiger partial charge in [-0.2, -0.15) is 4.98 Å². The number of fused-ring (bicyclic) bond motifs is 1. The number of halogens is 1. The molecule has 0 radical (unpaired) electrons. The summed E-state index contributed by atoms with van der Waals surface area (Å²) in [4.78, 5) is 4.19. The smallest absolute Gasteiger partial charge is 0.243 e. The predicted octanol–water partition coefficient (Wildman–Crippen LogP) is 3.00. The molecule has 3 rings (SSSR count). The average molecular weight is 289 g/mol. The normalized spacial score (nSPS) is 10.7. The van der Waals surface area contributed by atoms with Crippen LogP contribution in [0.15, 0.2) is 42.6 Å². The highest BCUT2D eigenvalue weighted by Crippen LogP contribution is 2.18. The van der Waals surface area contributed by atoms with Gasteiger partial charge in [-0.15, -0.1) is 5.10 Å². The summed E-state index contributed by atoms with van der Waals surface area (Å²) >= 11 is 5.82. The van der Waals surface area contributed by atoms with Crippen LogP contribution in [0.25, 0.3) is 5.65 Å². The monoisotopic (exact) mass is 288 g/mol. The number of methoxy groups -OCH3 is 1. The van der Waals surface area contributed by atoms with Gasteiger partial charge < -0.3 is 10.1 Å². The van der Waals surface area contributed by atoms with Gasteiger partial charge in [-0.1, -0.05) is 12.1 Å². The summed E-state index contributed by atoms with van der Waals surface area (Å²) in [5.74, 6) is 0.847. The highest BCUT2D eigenvalue weighted by Gasteiger charge is 2.05. The molecule has 1 aromatic carbocycles. The van der Waals surface area contributed by atoms with Crippen molar-refractivity contribution in [3.63, 3.8) is 0 Å². The van der Waals surface area contributed by atoms with Crippen LogP contribution in [-0.2, 0) is 6.54 Å². The summed E-state index contributed by atoms with van der Waals surface area (Å²) < 4.78 is 6.79. The Hall–Kier alpha value is -2.27. The van der Waals surface area contributed by atoms with E-state index in [1.807, 2.05) is 42.6 Å². The van der Waals surface area contributed by atoms with Gasteiger partial charge in [0.25, 0.3) is 0 Å². The van der Waals surface area contributed by atoms with Crippen molar-refractivity contribution in [2.45, 2.75) is 6.54 Å². The molecular weight excluding hydrogens is 276 g/mol. The number of aromatic nitrogens is 3. The van der Waals surface area contributed by atoms with Crippen molar-refractivity contribution < 1.29 is 4.74 Å². The average Bonchev–Trinajstić information content (AvgIpc) is 2.86. The second kappa shape index (κ2) is 5.38. The van der Waals surface area contributed by atoms with Gasteiger partial charge in [0.1, 0.15) is 5.75 Å². The van der Waals surface area contributed by atoms with Crippen LogP contribution in [0.3, 0.4) is 0 Å². The minimum absolute atomic E-state index is 0.240. The molecule has 2 heterocycles. The SMILES string of the molecule is COc1ccc(CNc2cccn3nc(Cl)nc23)cc1. The first kappa shape index (κ1) is 12.7. The third kappa shape index (κ3) is 2.53. The van der Waals surface area contributed by atoms with Gasteiger partial charge in [-0.3, -0.25) is 0 Å². The van der Waals surface area contributed by atoms with E-state index in [-0.39, 0.29) is 5.28 Å². The first-order valence-electron chi connectivity index (χ1n) is 6.14. The Morgan fingerprint density at radius 2 is 2.05 bits per heavy atom. The van der Waals surface area contributed by atoms with Crippen molar-refractivity contribution >= 4 is 22.9 Å². The summed E-state index contributed by atoms with van der Waals surface area (Å²) in [6.07, 6.45) is 1.81. The van der Waals surface area contributed by atoms with Gasteiger partial charge in [0.05, 0.1) is 12.8 Å². The second-order valence-electron chi connectivity index (χ2n) is 4.27. The molecule has 0 amide bonds. The Balaban J connectivity index is 1.79. The van der Waals surface area contributed by atoms with Crippen LogP contribution in [-0.4, -0.2) is 21.7 Å². The lowest BCUT2D eigenvalue weighted by Gasteiger charge is -2.07. The Labute approximate surface area is 121 Å². The van der Waals surface area contributed by atoms with Crippen molar-refractivity contribution in [3.8, 4) is 5.75 Å². The molecule has 0 fully saturated rings. The summed E-state index contributed by atoms with van der Waals surface area (Å²) in [5.41, 5.74) is 2.76. The zero-order valence-corrected chi connectivity index (χ0v) is 11.6. The molecule has 1 N–H and O–H groups in total. The van der Waals surface area contributed by atoms with Crippen LogP contribution >= 0.6 is 11.6 Å². The topological polar surface area (TPSA) is 51.5 Å². The fraction of sp³-hybridized carbons (Fsp3) is 0.143. The first-order chi connectivity index (χ1) is 9.76. The van der Waals surface area contributed by atoms with Crippen molar-refractivity contribution in [2.75, 3.05) is 12.4 Å². The number of pyridine rings is 1. The highest BCUT2D eigenvalue weighted by atomic mass is 35.5. The summed E-state index contributed by atoms with van der Waals surface area (Å²) in [6.45, 7) is 0.689. The fourth-order valence-electron chi connectivity index (χ4n) is 1.96. The zero-order valence-electron chi connectivity index (χ0n) is 10.9. The van der Waals surface area contributed by atoms with Crippen molar-refractivity contribution in [1.29, 1.82) is 0 Å². The quantitative estimate of drug-likeness (QED) is 0.802. The van der Waals surface area contributed by atoms with Crippen LogP contribution in [0, 0.1) is 0 Å². The molecule has 0 atom stereocenters. The number of nitrogens with one attached hydrogen (secondary N) is 1. The minimum atomic E-state index is 0.240. The number of nitrogens with zero attached hydrogens (tertiary/aromatic N) is 3.